The van der Waals surface area contributed by atoms with Crippen LogP contribution >= 0.6 is 0 Å². The fourth-order valence-electron chi connectivity index (χ4n) is 1.85. The van der Waals surface area contributed by atoms with Crippen LogP contribution in [0.2, 0.25) is 0 Å². The number of rotatable bonds is 5. The molecule has 1 aromatic rings. The summed E-state index contributed by atoms with van der Waals surface area (Å²) in [7, 11) is 0. The van der Waals surface area contributed by atoms with Gasteiger partial charge < -0.3 is 15.5 Å². The number of aliphatic hydroxyl groups is 2. The van der Waals surface area contributed by atoms with E-state index >= 15 is 0 Å². The highest BCUT2D eigenvalue weighted by Crippen LogP contribution is 2.32. The summed E-state index contributed by atoms with van der Waals surface area (Å²) in [6.07, 6.45) is -7.45. The van der Waals surface area contributed by atoms with E-state index in [9.17, 15) is 28.2 Å². The molecule has 0 aliphatic rings. The molecule has 0 bridgehead atoms. The second-order valence-corrected chi connectivity index (χ2v) is 4.70. The van der Waals surface area contributed by atoms with Crippen LogP contribution in [0.3, 0.4) is 0 Å². The van der Waals surface area contributed by atoms with E-state index < -0.39 is 23.9 Å². The minimum Gasteiger partial charge on any atom is -0.390 e. The van der Waals surface area contributed by atoms with Crippen molar-refractivity contribution in [2.45, 2.75) is 31.7 Å². The molecule has 0 aliphatic heterocycles. The lowest BCUT2D eigenvalue weighted by Gasteiger charge is -2.20. The number of aliphatic hydroxyl groups excluding tert-OH is 2. The Hall–Kier alpha value is -2.11. The maximum Gasteiger partial charge on any atom is 0.416 e. The smallest absolute Gasteiger partial charge is 0.390 e. The number of amides is 1. The molecule has 3 N–H and O–H groups in total. The quantitative estimate of drug-likeness (QED) is 0.767. The van der Waals surface area contributed by atoms with Crippen molar-refractivity contribution in [3.8, 4) is 6.07 Å². The monoisotopic (exact) mass is 316 g/mol. The van der Waals surface area contributed by atoms with Crippen LogP contribution in [0.1, 0.15) is 36.1 Å². The van der Waals surface area contributed by atoms with Crippen LogP contribution in [0.25, 0.3) is 0 Å². The molecule has 1 rings (SSSR count). The molecule has 0 fully saturated rings. The predicted octanol–water partition coefficient (Wildman–Crippen LogP) is 1.50. The molecule has 0 heterocycles. The Morgan fingerprint density at radius 1 is 1.41 bits per heavy atom. The van der Waals surface area contributed by atoms with Gasteiger partial charge in [-0.05, 0) is 18.6 Å². The molecule has 8 heteroatoms. The van der Waals surface area contributed by atoms with Gasteiger partial charge in [-0.3, -0.25) is 4.79 Å². The number of alkyl halides is 3. The van der Waals surface area contributed by atoms with Crippen LogP contribution in [0, 0.1) is 11.3 Å². The van der Waals surface area contributed by atoms with Gasteiger partial charge in [-0.15, -0.1) is 0 Å². The molecule has 0 saturated carbocycles. The first kappa shape index (κ1) is 17.9. The number of nitrogens with zero attached hydrogens (tertiary/aromatic N) is 1. The van der Waals surface area contributed by atoms with Crippen LogP contribution in [-0.2, 0) is 11.0 Å². The zero-order valence-electron chi connectivity index (χ0n) is 11.7. The molecule has 1 amide bonds. The van der Waals surface area contributed by atoms with Crippen LogP contribution in [-0.4, -0.2) is 28.8 Å². The highest BCUT2D eigenvalue weighted by molar-refractivity contribution is 5.72. The Balaban J connectivity index is 2.91. The SMILES string of the molecule is CC(=O)NCCC(O)C(O)c1ccc(C(F)(F)F)cc1C#N. The summed E-state index contributed by atoms with van der Waals surface area (Å²) in [6, 6.07) is 3.90. The lowest BCUT2D eigenvalue weighted by atomic mass is 9.95. The van der Waals surface area contributed by atoms with E-state index in [2.05, 4.69) is 5.32 Å². The molecule has 0 radical (unpaired) electrons. The van der Waals surface area contributed by atoms with Crippen molar-refractivity contribution in [3.05, 3.63) is 34.9 Å². The summed E-state index contributed by atoms with van der Waals surface area (Å²) >= 11 is 0. The first-order chi connectivity index (χ1) is 10.2. The number of benzene rings is 1. The lowest BCUT2D eigenvalue weighted by Crippen LogP contribution is -2.28. The average molecular weight is 316 g/mol. The normalized spacial score (nSPS) is 14.0. The number of carbonyl (C=O) groups is 1. The van der Waals surface area contributed by atoms with Crippen molar-refractivity contribution >= 4 is 5.91 Å². The number of nitrogens with one attached hydrogen (secondary N) is 1. The number of nitriles is 1. The van der Waals surface area contributed by atoms with Crippen molar-refractivity contribution in [2.75, 3.05) is 6.54 Å². The Morgan fingerprint density at radius 2 is 2.05 bits per heavy atom. The topological polar surface area (TPSA) is 93.3 Å². The van der Waals surface area contributed by atoms with Gasteiger partial charge in [0.05, 0.1) is 23.3 Å². The van der Waals surface area contributed by atoms with Crippen LogP contribution in [0.5, 0.6) is 0 Å². The molecule has 0 aliphatic carbocycles. The van der Waals surface area contributed by atoms with E-state index in [0.717, 1.165) is 12.1 Å². The fourth-order valence-corrected chi connectivity index (χ4v) is 1.85. The molecule has 0 spiro atoms. The third kappa shape index (κ3) is 4.72. The van der Waals surface area contributed by atoms with E-state index in [1.165, 1.54) is 6.92 Å². The Morgan fingerprint density at radius 3 is 2.55 bits per heavy atom. The molecule has 0 saturated heterocycles. The maximum atomic E-state index is 12.6. The van der Waals surface area contributed by atoms with Gasteiger partial charge in [0, 0.05) is 19.0 Å². The molecular weight excluding hydrogens is 301 g/mol. The first-order valence-electron chi connectivity index (χ1n) is 6.38. The van der Waals surface area contributed by atoms with E-state index in [1.807, 2.05) is 0 Å². The van der Waals surface area contributed by atoms with Crippen molar-refractivity contribution in [2.24, 2.45) is 0 Å². The standard InChI is InChI=1S/C14H15F3N2O3/c1-8(20)19-5-4-12(21)13(22)11-3-2-10(14(15,16)17)6-9(11)7-18/h2-3,6,12-13,21-22H,4-5H2,1H3,(H,19,20). The summed E-state index contributed by atoms with van der Waals surface area (Å²) < 4.78 is 37.7. The summed E-state index contributed by atoms with van der Waals surface area (Å²) in [5.41, 5.74) is -1.46. The van der Waals surface area contributed by atoms with Gasteiger partial charge >= 0.3 is 6.18 Å². The number of hydrogen-bond acceptors (Lipinski definition) is 4. The van der Waals surface area contributed by atoms with Crippen LogP contribution in [0.4, 0.5) is 13.2 Å². The second kappa shape index (κ2) is 7.24. The van der Waals surface area contributed by atoms with Gasteiger partial charge in [-0.1, -0.05) is 6.07 Å². The van der Waals surface area contributed by atoms with Gasteiger partial charge in [0.15, 0.2) is 0 Å². The first-order valence-corrected chi connectivity index (χ1v) is 6.38. The molecule has 2 unspecified atom stereocenters. The highest BCUT2D eigenvalue weighted by atomic mass is 19.4. The molecule has 2 atom stereocenters. The zero-order valence-corrected chi connectivity index (χ0v) is 11.7. The summed E-state index contributed by atoms with van der Waals surface area (Å²) in [4.78, 5) is 10.7. The molecule has 1 aromatic carbocycles. The molecular formula is C14H15F3N2O3. The van der Waals surface area contributed by atoms with Gasteiger partial charge in [0.1, 0.15) is 6.10 Å². The van der Waals surface area contributed by atoms with Crippen molar-refractivity contribution in [1.29, 1.82) is 5.26 Å². The number of halogens is 3. The van der Waals surface area contributed by atoms with E-state index in [-0.39, 0.29) is 30.0 Å². The molecule has 0 aromatic heterocycles. The zero-order chi connectivity index (χ0) is 16.9. The number of carbonyl (C=O) groups excluding carboxylic acids is 1. The van der Waals surface area contributed by atoms with E-state index in [0.29, 0.717) is 6.07 Å². The Kier molecular flexibility index (Phi) is 5.91. The molecule has 22 heavy (non-hydrogen) atoms. The Labute approximate surface area is 125 Å². The van der Waals surface area contributed by atoms with Crippen molar-refractivity contribution < 1.29 is 28.2 Å². The number of hydrogen-bond donors (Lipinski definition) is 3. The second-order valence-electron chi connectivity index (χ2n) is 4.70. The Bertz CT molecular complexity index is 582. The highest BCUT2D eigenvalue weighted by Gasteiger charge is 2.32. The van der Waals surface area contributed by atoms with Gasteiger partial charge in [0.2, 0.25) is 5.91 Å². The van der Waals surface area contributed by atoms with Gasteiger partial charge in [-0.25, -0.2) is 0 Å². The largest absolute Gasteiger partial charge is 0.416 e. The minimum absolute atomic E-state index is 0.00730. The summed E-state index contributed by atoms with van der Waals surface area (Å²) in [5, 5.41) is 31.1. The fraction of sp³-hybridized carbons (Fsp3) is 0.429. The van der Waals surface area contributed by atoms with Gasteiger partial charge in [0.25, 0.3) is 0 Å². The van der Waals surface area contributed by atoms with Crippen LogP contribution in [0.15, 0.2) is 18.2 Å². The van der Waals surface area contributed by atoms with E-state index in [1.54, 1.807) is 6.07 Å². The average Bonchev–Trinajstić information content (AvgIpc) is 2.44. The predicted molar refractivity (Wildman–Crippen MR) is 70.4 cm³/mol. The van der Waals surface area contributed by atoms with Crippen molar-refractivity contribution in [3.63, 3.8) is 0 Å². The molecule has 5 nitrogen and oxygen atoms in total. The third-order valence-electron chi connectivity index (χ3n) is 3.00. The molecule has 120 valence electrons. The minimum atomic E-state index is -4.60. The summed E-state index contributed by atoms with van der Waals surface area (Å²) in [6.45, 7) is 1.38. The lowest BCUT2D eigenvalue weighted by molar-refractivity contribution is -0.137. The van der Waals surface area contributed by atoms with Crippen LogP contribution < -0.4 is 5.32 Å². The van der Waals surface area contributed by atoms with Gasteiger partial charge in [-0.2, -0.15) is 18.4 Å². The third-order valence-corrected chi connectivity index (χ3v) is 3.00. The van der Waals surface area contributed by atoms with Crippen molar-refractivity contribution in [1.82, 2.24) is 5.32 Å². The maximum absolute atomic E-state index is 12.6. The van der Waals surface area contributed by atoms with E-state index in [4.69, 9.17) is 5.26 Å². The summed E-state index contributed by atoms with van der Waals surface area (Å²) in [5.74, 6) is -0.311.